The van der Waals surface area contributed by atoms with Crippen molar-refractivity contribution >= 4 is 16.9 Å². The minimum atomic E-state index is -0.655. The third-order valence-electron chi connectivity index (χ3n) is 4.39. The number of hydrogen-bond acceptors (Lipinski definition) is 2. The lowest BCUT2D eigenvalue weighted by atomic mass is 9.82. The van der Waals surface area contributed by atoms with Crippen LogP contribution in [0, 0.1) is 5.92 Å². The SMILES string of the molecule is O=C(O)C1CCCCCC1c1ccc2cccnc2c1. The van der Waals surface area contributed by atoms with Gasteiger partial charge in [0.05, 0.1) is 11.4 Å². The van der Waals surface area contributed by atoms with Crippen LogP contribution in [0.3, 0.4) is 0 Å². The quantitative estimate of drug-likeness (QED) is 0.839. The molecule has 1 aliphatic rings. The van der Waals surface area contributed by atoms with Crippen LogP contribution in [-0.4, -0.2) is 16.1 Å². The van der Waals surface area contributed by atoms with Crippen LogP contribution in [0.1, 0.15) is 43.6 Å². The first-order valence-corrected chi connectivity index (χ1v) is 7.33. The number of hydrogen-bond donors (Lipinski definition) is 1. The zero-order valence-electron chi connectivity index (χ0n) is 11.5. The molecule has 2 unspecified atom stereocenters. The van der Waals surface area contributed by atoms with Crippen molar-refractivity contribution in [2.75, 3.05) is 0 Å². The minimum Gasteiger partial charge on any atom is -0.481 e. The van der Waals surface area contributed by atoms with E-state index in [0.717, 1.165) is 48.6 Å². The van der Waals surface area contributed by atoms with Gasteiger partial charge < -0.3 is 5.11 Å². The van der Waals surface area contributed by atoms with E-state index in [-0.39, 0.29) is 11.8 Å². The Labute approximate surface area is 118 Å². The van der Waals surface area contributed by atoms with Crippen molar-refractivity contribution in [2.24, 2.45) is 5.92 Å². The van der Waals surface area contributed by atoms with Gasteiger partial charge in [0.1, 0.15) is 0 Å². The molecule has 0 aliphatic heterocycles. The Kier molecular flexibility index (Phi) is 3.68. The van der Waals surface area contributed by atoms with Crippen LogP contribution in [0.25, 0.3) is 10.9 Å². The third kappa shape index (κ3) is 2.53. The summed E-state index contributed by atoms with van der Waals surface area (Å²) in [4.78, 5) is 15.9. The van der Waals surface area contributed by atoms with Gasteiger partial charge in [-0.2, -0.15) is 0 Å². The average Bonchev–Trinajstić information content (AvgIpc) is 2.72. The number of carboxylic acid groups (broad SMARTS) is 1. The predicted octanol–water partition coefficient (Wildman–Crippen LogP) is 3.98. The van der Waals surface area contributed by atoms with Crippen LogP contribution >= 0.6 is 0 Å². The normalized spacial score (nSPS) is 23.4. The van der Waals surface area contributed by atoms with E-state index in [1.54, 1.807) is 6.20 Å². The van der Waals surface area contributed by atoms with E-state index < -0.39 is 5.97 Å². The number of aromatic nitrogens is 1. The summed E-state index contributed by atoms with van der Waals surface area (Å²) < 4.78 is 0. The Morgan fingerprint density at radius 1 is 1.15 bits per heavy atom. The Balaban J connectivity index is 2.00. The first kappa shape index (κ1) is 13.1. The Morgan fingerprint density at radius 3 is 2.85 bits per heavy atom. The van der Waals surface area contributed by atoms with Gasteiger partial charge in [-0.25, -0.2) is 0 Å². The van der Waals surface area contributed by atoms with E-state index in [4.69, 9.17) is 0 Å². The Bertz CT molecular complexity index is 623. The van der Waals surface area contributed by atoms with Crippen LogP contribution in [0.2, 0.25) is 0 Å². The number of aliphatic carboxylic acids is 1. The van der Waals surface area contributed by atoms with Crippen LogP contribution in [0.5, 0.6) is 0 Å². The summed E-state index contributed by atoms with van der Waals surface area (Å²) >= 11 is 0. The third-order valence-corrected chi connectivity index (χ3v) is 4.39. The number of benzene rings is 1. The van der Waals surface area contributed by atoms with Gasteiger partial charge in [-0.3, -0.25) is 9.78 Å². The van der Waals surface area contributed by atoms with Crippen molar-refractivity contribution in [3.05, 3.63) is 42.1 Å². The number of nitrogens with zero attached hydrogens (tertiary/aromatic N) is 1. The average molecular weight is 269 g/mol. The number of carbonyl (C=O) groups is 1. The molecule has 1 N–H and O–H groups in total. The summed E-state index contributed by atoms with van der Waals surface area (Å²) in [6, 6.07) is 10.2. The molecule has 1 heterocycles. The highest BCUT2D eigenvalue weighted by atomic mass is 16.4. The second-order valence-electron chi connectivity index (χ2n) is 5.64. The lowest BCUT2D eigenvalue weighted by Gasteiger charge is -2.22. The first-order valence-electron chi connectivity index (χ1n) is 7.33. The van der Waals surface area contributed by atoms with Gasteiger partial charge in [0.15, 0.2) is 0 Å². The molecule has 0 bridgehead atoms. The maximum absolute atomic E-state index is 11.5. The van der Waals surface area contributed by atoms with E-state index in [1.807, 2.05) is 12.1 Å². The number of rotatable bonds is 2. The van der Waals surface area contributed by atoms with Crippen molar-refractivity contribution in [3.8, 4) is 0 Å². The lowest BCUT2D eigenvalue weighted by molar-refractivity contribution is -0.142. The molecule has 104 valence electrons. The van der Waals surface area contributed by atoms with Gasteiger partial charge >= 0.3 is 5.97 Å². The van der Waals surface area contributed by atoms with E-state index in [9.17, 15) is 9.90 Å². The minimum absolute atomic E-state index is 0.126. The molecule has 0 saturated heterocycles. The molecule has 0 amide bonds. The molecule has 0 radical (unpaired) electrons. The number of carboxylic acids is 1. The molecule has 20 heavy (non-hydrogen) atoms. The summed E-state index contributed by atoms with van der Waals surface area (Å²) in [5.41, 5.74) is 2.09. The van der Waals surface area contributed by atoms with Gasteiger partial charge in [0.2, 0.25) is 0 Å². The topological polar surface area (TPSA) is 50.2 Å². The fourth-order valence-electron chi connectivity index (χ4n) is 3.32. The molecule has 1 saturated carbocycles. The Morgan fingerprint density at radius 2 is 2.00 bits per heavy atom. The highest BCUT2D eigenvalue weighted by Gasteiger charge is 2.30. The second-order valence-corrected chi connectivity index (χ2v) is 5.64. The molecule has 1 fully saturated rings. The first-order chi connectivity index (χ1) is 9.75. The van der Waals surface area contributed by atoms with Crippen molar-refractivity contribution in [1.82, 2.24) is 4.98 Å². The van der Waals surface area contributed by atoms with Gasteiger partial charge in [-0.1, -0.05) is 37.5 Å². The van der Waals surface area contributed by atoms with Crippen molar-refractivity contribution in [3.63, 3.8) is 0 Å². The zero-order valence-corrected chi connectivity index (χ0v) is 11.5. The van der Waals surface area contributed by atoms with Crippen LogP contribution in [0.4, 0.5) is 0 Å². The van der Waals surface area contributed by atoms with E-state index >= 15 is 0 Å². The van der Waals surface area contributed by atoms with E-state index in [0.29, 0.717) is 0 Å². The maximum Gasteiger partial charge on any atom is 0.307 e. The van der Waals surface area contributed by atoms with Gasteiger partial charge in [-0.05, 0) is 36.5 Å². The molecule has 2 atom stereocenters. The summed E-state index contributed by atoms with van der Waals surface area (Å²) in [6.45, 7) is 0. The van der Waals surface area contributed by atoms with Crippen molar-refractivity contribution in [2.45, 2.75) is 38.0 Å². The zero-order chi connectivity index (χ0) is 13.9. The van der Waals surface area contributed by atoms with Crippen molar-refractivity contribution < 1.29 is 9.90 Å². The van der Waals surface area contributed by atoms with Gasteiger partial charge in [-0.15, -0.1) is 0 Å². The molecule has 1 aliphatic carbocycles. The van der Waals surface area contributed by atoms with Crippen LogP contribution in [0.15, 0.2) is 36.5 Å². The number of pyridine rings is 1. The van der Waals surface area contributed by atoms with E-state index in [1.165, 1.54) is 0 Å². The fourth-order valence-corrected chi connectivity index (χ4v) is 3.32. The molecular weight excluding hydrogens is 250 g/mol. The summed E-state index contributed by atoms with van der Waals surface area (Å²) in [6.07, 6.45) is 6.84. The second kappa shape index (κ2) is 5.61. The fraction of sp³-hybridized carbons (Fsp3) is 0.412. The standard InChI is InChI=1S/C17H19NO2/c19-17(20)15-7-3-1-2-6-14(15)13-9-8-12-5-4-10-18-16(12)11-13/h4-5,8-11,14-15H,1-3,6-7H2,(H,19,20). The Hall–Kier alpha value is -1.90. The molecular formula is C17H19NO2. The molecule has 3 heteroatoms. The summed E-state index contributed by atoms with van der Waals surface area (Å²) in [7, 11) is 0. The molecule has 1 aromatic carbocycles. The lowest BCUT2D eigenvalue weighted by Crippen LogP contribution is -2.21. The monoisotopic (exact) mass is 269 g/mol. The highest BCUT2D eigenvalue weighted by Crippen LogP contribution is 2.37. The molecule has 0 spiro atoms. The molecule has 3 nitrogen and oxygen atoms in total. The molecule has 2 aromatic rings. The van der Waals surface area contributed by atoms with Gasteiger partial charge in [0, 0.05) is 11.6 Å². The van der Waals surface area contributed by atoms with E-state index in [2.05, 4.69) is 23.2 Å². The summed E-state index contributed by atoms with van der Waals surface area (Å²) in [5.74, 6) is -0.780. The van der Waals surface area contributed by atoms with Crippen molar-refractivity contribution in [1.29, 1.82) is 0 Å². The molecule has 3 rings (SSSR count). The highest BCUT2D eigenvalue weighted by molar-refractivity contribution is 5.79. The number of fused-ring (bicyclic) bond motifs is 1. The van der Waals surface area contributed by atoms with Crippen LogP contribution < -0.4 is 0 Å². The van der Waals surface area contributed by atoms with Gasteiger partial charge in [0.25, 0.3) is 0 Å². The largest absolute Gasteiger partial charge is 0.481 e. The molecule has 1 aromatic heterocycles. The van der Waals surface area contributed by atoms with Crippen LogP contribution in [-0.2, 0) is 4.79 Å². The maximum atomic E-state index is 11.5. The summed E-state index contributed by atoms with van der Waals surface area (Å²) in [5, 5.41) is 10.6. The smallest absolute Gasteiger partial charge is 0.307 e. The predicted molar refractivity (Wildman–Crippen MR) is 78.7 cm³/mol.